The molecule has 2 rings (SSSR count). The molecule has 0 radical (unpaired) electrons. The van der Waals surface area contributed by atoms with Crippen LogP contribution in [0.5, 0.6) is 0 Å². The van der Waals surface area contributed by atoms with E-state index in [0.717, 1.165) is 11.4 Å². The SMILES string of the molecule is CN(C)C1=CC(N)(c2ccc(Cl)c(Cl)c2)N=CN1. The number of benzene rings is 1. The molecule has 0 saturated carbocycles. The van der Waals surface area contributed by atoms with Crippen molar-refractivity contribution in [2.45, 2.75) is 5.66 Å². The van der Waals surface area contributed by atoms with Crippen molar-refractivity contribution in [3.8, 4) is 0 Å². The molecule has 1 aromatic carbocycles. The lowest BCUT2D eigenvalue weighted by Gasteiger charge is -2.29. The molecule has 0 fully saturated rings. The van der Waals surface area contributed by atoms with Gasteiger partial charge in [0.05, 0.1) is 16.4 Å². The van der Waals surface area contributed by atoms with Crippen LogP contribution in [0.25, 0.3) is 0 Å². The molecular formula is C12H14Cl2N4. The Morgan fingerprint density at radius 2 is 2.00 bits per heavy atom. The monoisotopic (exact) mass is 284 g/mol. The predicted molar refractivity (Wildman–Crippen MR) is 75.7 cm³/mol. The van der Waals surface area contributed by atoms with Gasteiger partial charge in [0, 0.05) is 20.2 Å². The zero-order valence-electron chi connectivity index (χ0n) is 10.1. The second-order valence-corrected chi connectivity index (χ2v) is 5.10. The standard InChI is InChI=1S/C12H14Cl2N4/c1-18(2)11-6-12(15,17-7-16-11)8-3-4-9(13)10(14)5-8/h3-7H,15H2,1-2H3,(H,16,17). The fraction of sp³-hybridized carbons (Fsp3) is 0.250. The van der Waals surface area contributed by atoms with Crippen LogP contribution in [0.1, 0.15) is 5.56 Å². The van der Waals surface area contributed by atoms with E-state index >= 15 is 0 Å². The van der Waals surface area contributed by atoms with Crippen LogP contribution < -0.4 is 11.1 Å². The number of hydrogen-bond donors (Lipinski definition) is 2. The van der Waals surface area contributed by atoms with E-state index in [9.17, 15) is 0 Å². The second kappa shape index (κ2) is 4.80. The average molecular weight is 285 g/mol. The number of aliphatic imine (C=N–C) groups is 1. The molecule has 1 atom stereocenters. The minimum atomic E-state index is -0.931. The highest BCUT2D eigenvalue weighted by Gasteiger charge is 2.27. The summed E-state index contributed by atoms with van der Waals surface area (Å²) in [5.41, 5.74) is 6.14. The molecule has 3 N–H and O–H groups in total. The van der Waals surface area contributed by atoms with Gasteiger partial charge in [-0.1, -0.05) is 29.3 Å². The highest BCUT2D eigenvalue weighted by Crippen LogP contribution is 2.30. The molecule has 18 heavy (non-hydrogen) atoms. The van der Waals surface area contributed by atoms with Gasteiger partial charge >= 0.3 is 0 Å². The van der Waals surface area contributed by atoms with E-state index in [4.69, 9.17) is 28.9 Å². The minimum absolute atomic E-state index is 0.465. The van der Waals surface area contributed by atoms with Crippen molar-refractivity contribution in [1.82, 2.24) is 10.2 Å². The van der Waals surface area contributed by atoms with Crippen LogP contribution in [0, 0.1) is 0 Å². The Kier molecular flexibility index (Phi) is 3.52. The van der Waals surface area contributed by atoms with Crippen molar-refractivity contribution in [1.29, 1.82) is 0 Å². The Morgan fingerprint density at radius 1 is 1.28 bits per heavy atom. The van der Waals surface area contributed by atoms with Crippen molar-refractivity contribution < 1.29 is 0 Å². The zero-order chi connectivity index (χ0) is 13.3. The van der Waals surface area contributed by atoms with Gasteiger partial charge in [-0.3, -0.25) is 5.73 Å². The lowest BCUT2D eigenvalue weighted by molar-refractivity contribution is 0.457. The van der Waals surface area contributed by atoms with Crippen molar-refractivity contribution >= 4 is 29.5 Å². The first-order valence-corrected chi connectivity index (χ1v) is 6.13. The molecule has 6 heteroatoms. The molecule has 4 nitrogen and oxygen atoms in total. The number of rotatable bonds is 2. The van der Waals surface area contributed by atoms with Crippen LogP contribution in [-0.2, 0) is 5.66 Å². The van der Waals surface area contributed by atoms with Crippen LogP contribution in [0.4, 0.5) is 0 Å². The number of hydrogen-bond acceptors (Lipinski definition) is 4. The van der Waals surface area contributed by atoms with Crippen LogP contribution in [0.2, 0.25) is 10.0 Å². The summed E-state index contributed by atoms with van der Waals surface area (Å²) in [5.74, 6) is 0.874. The van der Waals surface area contributed by atoms with Gasteiger partial charge in [0.25, 0.3) is 0 Å². The van der Waals surface area contributed by atoms with Gasteiger partial charge in [-0.25, -0.2) is 4.99 Å². The summed E-state index contributed by atoms with van der Waals surface area (Å²) in [4.78, 5) is 6.19. The lowest BCUT2D eigenvalue weighted by Crippen LogP contribution is -2.40. The summed E-state index contributed by atoms with van der Waals surface area (Å²) >= 11 is 11.9. The molecule has 0 aliphatic carbocycles. The minimum Gasteiger partial charge on any atom is -0.364 e. The van der Waals surface area contributed by atoms with E-state index in [1.807, 2.05) is 31.1 Å². The maximum absolute atomic E-state index is 6.28. The molecule has 0 amide bonds. The second-order valence-electron chi connectivity index (χ2n) is 4.28. The normalized spacial score (nSPS) is 22.4. The fourth-order valence-corrected chi connectivity index (χ4v) is 1.95. The first-order valence-electron chi connectivity index (χ1n) is 5.37. The van der Waals surface area contributed by atoms with Crippen LogP contribution >= 0.6 is 23.2 Å². The molecule has 0 saturated heterocycles. The van der Waals surface area contributed by atoms with E-state index in [1.165, 1.54) is 0 Å². The number of nitrogens with one attached hydrogen (secondary N) is 1. The third kappa shape index (κ3) is 2.46. The van der Waals surface area contributed by atoms with Crippen molar-refractivity contribution in [3.63, 3.8) is 0 Å². The van der Waals surface area contributed by atoms with Crippen LogP contribution in [-0.4, -0.2) is 25.3 Å². The highest BCUT2D eigenvalue weighted by molar-refractivity contribution is 6.42. The summed E-state index contributed by atoms with van der Waals surface area (Å²) < 4.78 is 0. The lowest BCUT2D eigenvalue weighted by atomic mass is 10.00. The third-order valence-corrected chi connectivity index (χ3v) is 3.45. The maximum atomic E-state index is 6.28. The van der Waals surface area contributed by atoms with Crippen LogP contribution in [0.3, 0.4) is 0 Å². The van der Waals surface area contributed by atoms with Crippen molar-refractivity contribution in [2.75, 3.05) is 14.1 Å². The molecule has 0 aromatic heterocycles. The predicted octanol–water partition coefficient (Wildman–Crippen LogP) is 2.14. The van der Waals surface area contributed by atoms with Gasteiger partial charge in [-0.15, -0.1) is 0 Å². The summed E-state index contributed by atoms with van der Waals surface area (Å²) in [7, 11) is 3.85. The largest absolute Gasteiger partial charge is 0.364 e. The van der Waals surface area contributed by atoms with E-state index in [0.29, 0.717) is 10.0 Å². The van der Waals surface area contributed by atoms with E-state index in [2.05, 4.69) is 10.3 Å². The Bertz CT molecular complexity index is 525. The molecule has 0 bridgehead atoms. The molecule has 1 aliphatic heterocycles. The first-order chi connectivity index (χ1) is 8.42. The van der Waals surface area contributed by atoms with Crippen molar-refractivity contribution in [2.24, 2.45) is 10.7 Å². The van der Waals surface area contributed by atoms with Gasteiger partial charge in [0.1, 0.15) is 5.82 Å². The molecule has 1 heterocycles. The van der Waals surface area contributed by atoms with Gasteiger partial charge in [0.15, 0.2) is 5.66 Å². The first kappa shape index (κ1) is 13.2. The van der Waals surface area contributed by atoms with E-state index in [1.54, 1.807) is 18.5 Å². The van der Waals surface area contributed by atoms with Crippen molar-refractivity contribution in [3.05, 3.63) is 45.7 Å². The highest BCUT2D eigenvalue weighted by atomic mass is 35.5. The molecule has 96 valence electrons. The Labute approximate surface area is 116 Å². The van der Waals surface area contributed by atoms with Gasteiger partial charge in [0.2, 0.25) is 0 Å². The Morgan fingerprint density at radius 3 is 2.61 bits per heavy atom. The summed E-state index contributed by atoms with van der Waals surface area (Å²) in [5, 5.41) is 3.99. The third-order valence-electron chi connectivity index (χ3n) is 2.71. The molecule has 1 aromatic rings. The maximum Gasteiger partial charge on any atom is 0.158 e. The average Bonchev–Trinajstić information content (AvgIpc) is 2.32. The van der Waals surface area contributed by atoms with Crippen LogP contribution in [0.15, 0.2) is 35.1 Å². The van der Waals surface area contributed by atoms with E-state index in [-0.39, 0.29) is 0 Å². The summed E-state index contributed by atoms with van der Waals surface area (Å²) in [6.07, 6.45) is 3.42. The number of halogens is 2. The molecule has 0 spiro atoms. The number of nitrogens with zero attached hydrogens (tertiary/aromatic N) is 2. The van der Waals surface area contributed by atoms with Gasteiger partial charge < -0.3 is 10.2 Å². The molecule has 1 unspecified atom stereocenters. The summed E-state index contributed by atoms with van der Waals surface area (Å²) in [6, 6.07) is 5.27. The summed E-state index contributed by atoms with van der Waals surface area (Å²) in [6.45, 7) is 0. The quantitative estimate of drug-likeness (QED) is 0.875. The topological polar surface area (TPSA) is 53.6 Å². The zero-order valence-corrected chi connectivity index (χ0v) is 11.6. The Hall–Kier alpha value is -1.23. The fourth-order valence-electron chi connectivity index (χ4n) is 1.65. The Balaban J connectivity index is 2.44. The smallest absolute Gasteiger partial charge is 0.158 e. The van der Waals surface area contributed by atoms with E-state index < -0.39 is 5.66 Å². The van der Waals surface area contributed by atoms with Gasteiger partial charge in [-0.05, 0) is 17.7 Å². The molecular weight excluding hydrogens is 271 g/mol. The molecule has 1 aliphatic rings. The number of nitrogens with two attached hydrogens (primary N) is 1. The van der Waals surface area contributed by atoms with Gasteiger partial charge in [-0.2, -0.15) is 0 Å².